The second-order valence-corrected chi connectivity index (χ2v) is 9.43. The second-order valence-electron chi connectivity index (χ2n) is 8.49. The number of unbranched alkanes of at least 4 members (excludes halogenated alkanes) is 1. The summed E-state index contributed by atoms with van der Waals surface area (Å²) in [5.41, 5.74) is 1.90. The monoisotopic (exact) mass is 497 g/mol. The maximum Gasteiger partial charge on any atom is 0.262 e. The molecule has 5 rings (SSSR count). The van der Waals surface area contributed by atoms with Crippen LogP contribution in [-0.4, -0.2) is 32.8 Å². The van der Waals surface area contributed by atoms with Gasteiger partial charge in [-0.3, -0.25) is 23.7 Å². The molecule has 1 heterocycles. The number of ketones is 2. The number of nitrogens with one attached hydrogen (secondary N) is 1. The number of carbonyl (C=O) groups excluding carboxylic acids is 3. The van der Waals surface area contributed by atoms with Crippen molar-refractivity contribution in [2.24, 2.45) is 0 Å². The lowest BCUT2D eigenvalue weighted by atomic mass is 9.83. The number of hydrogen-bond acceptors (Lipinski definition) is 6. The summed E-state index contributed by atoms with van der Waals surface area (Å²) in [5.74, 6) is -0.921. The molecule has 1 aliphatic carbocycles. The number of rotatable bonds is 7. The van der Waals surface area contributed by atoms with E-state index < -0.39 is 0 Å². The van der Waals surface area contributed by atoms with Crippen molar-refractivity contribution in [3.05, 3.63) is 99.3 Å². The molecule has 1 aromatic heterocycles. The van der Waals surface area contributed by atoms with E-state index in [9.17, 15) is 19.2 Å². The SMILES string of the molecule is CCCCn1c(SCC(=O)Nc2cccc3c2C(=O)c2ccccc2C3=O)nc2ccccc2c1=O. The van der Waals surface area contributed by atoms with Gasteiger partial charge in [-0.2, -0.15) is 0 Å². The molecule has 0 radical (unpaired) electrons. The summed E-state index contributed by atoms with van der Waals surface area (Å²) in [6.45, 7) is 2.56. The second kappa shape index (κ2) is 9.91. The molecule has 0 unspecified atom stereocenters. The zero-order valence-corrected chi connectivity index (χ0v) is 20.4. The van der Waals surface area contributed by atoms with Crippen LogP contribution in [0.2, 0.25) is 0 Å². The summed E-state index contributed by atoms with van der Waals surface area (Å²) in [4.78, 5) is 56.8. The Morgan fingerprint density at radius 2 is 1.58 bits per heavy atom. The molecule has 1 N–H and O–H groups in total. The van der Waals surface area contributed by atoms with E-state index in [0.717, 1.165) is 12.8 Å². The van der Waals surface area contributed by atoms with Gasteiger partial charge in [-0.05, 0) is 24.6 Å². The molecule has 0 bridgehead atoms. The highest BCUT2D eigenvalue weighted by Crippen LogP contribution is 2.32. The smallest absolute Gasteiger partial charge is 0.262 e. The normalized spacial score (nSPS) is 12.4. The van der Waals surface area contributed by atoms with E-state index in [1.165, 1.54) is 11.8 Å². The third-order valence-corrected chi connectivity index (χ3v) is 7.10. The van der Waals surface area contributed by atoms with Crippen molar-refractivity contribution in [3.8, 4) is 0 Å². The van der Waals surface area contributed by atoms with Gasteiger partial charge >= 0.3 is 0 Å². The maximum absolute atomic E-state index is 13.2. The Hall–Kier alpha value is -4.04. The number of fused-ring (bicyclic) bond motifs is 3. The van der Waals surface area contributed by atoms with E-state index in [-0.39, 0.29) is 39.9 Å². The molecule has 3 aromatic carbocycles. The van der Waals surface area contributed by atoms with Gasteiger partial charge in [0.15, 0.2) is 16.7 Å². The minimum atomic E-state index is -0.364. The van der Waals surface area contributed by atoms with Crippen molar-refractivity contribution in [2.75, 3.05) is 11.1 Å². The average Bonchev–Trinajstić information content (AvgIpc) is 2.90. The van der Waals surface area contributed by atoms with E-state index in [0.29, 0.717) is 39.4 Å². The van der Waals surface area contributed by atoms with Crippen LogP contribution in [0.25, 0.3) is 10.9 Å². The largest absolute Gasteiger partial charge is 0.325 e. The van der Waals surface area contributed by atoms with Crippen LogP contribution in [0.1, 0.15) is 51.6 Å². The van der Waals surface area contributed by atoms with Crippen LogP contribution in [0.15, 0.2) is 76.7 Å². The Balaban J connectivity index is 1.40. The quantitative estimate of drug-likeness (QED) is 0.259. The van der Waals surface area contributed by atoms with Gasteiger partial charge < -0.3 is 5.32 Å². The van der Waals surface area contributed by atoms with E-state index in [4.69, 9.17) is 0 Å². The lowest BCUT2D eigenvalue weighted by molar-refractivity contribution is -0.113. The zero-order valence-electron chi connectivity index (χ0n) is 19.6. The van der Waals surface area contributed by atoms with Crippen LogP contribution >= 0.6 is 11.8 Å². The van der Waals surface area contributed by atoms with Gasteiger partial charge in [0, 0.05) is 23.2 Å². The number of aromatic nitrogens is 2. The molecule has 1 amide bonds. The number of nitrogens with zero attached hydrogens (tertiary/aromatic N) is 2. The van der Waals surface area contributed by atoms with Crippen LogP contribution in [-0.2, 0) is 11.3 Å². The Morgan fingerprint density at radius 1 is 0.889 bits per heavy atom. The fourth-order valence-electron chi connectivity index (χ4n) is 4.34. The predicted molar refractivity (Wildman–Crippen MR) is 140 cm³/mol. The van der Waals surface area contributed by atoms with Gasteiger partial charge in [-0.15, -0.1) is 0 Å². The number of amides is 1. The number of carbonyl (C=O) groups is 3. The fraction of sp³-hybridized carbons (Fsp3) is 0.179. The highest BCUT2D eigenvalue weighted by Gasteiger charge is 2.31. The predicted octanol–water partition coefficient (Wildman–Crippen LogP) is 4.70. The summed E-state index contributed by atoms with van der Waals surface area (Å²) in [6.07, 6.45) is 1.73. The highest BCUT2D eigenvalue weighted by molar-refractivity contribution is 7.99. The standard InChI is InChI=1S/C28H23N3O4S/c1-2-3-15-31-27(35)19-11-6-7-13-21(19)30-28(31)36-16-23(32)29-22-14-8-12-20-24(22)26(34)18-10-5-4-9-17(18)25(20)33/h4-14H,2-3,15-16H2,1H3,(H,29,32). The molecule has 0 saturated heterocycles. The third-order valence-electron chi connectivity index (χ3n) is 6.12. The van der Waals surface area contributed by atoms with E-state index in [1.54, 1.807) is 65.2 Å². The Morgan fingerprint density at radius 3 is 2.36 bits per heavy atom. The molecule has 36 heavy (non-hydrogen) atoms. The minimum absolute atomic E-state index is 0.0146. The molecule has 7 nitrogen and oxygen atoms in total. The molecule has 0 aliphatic heterocycles. The first-order chi connectivity index (χ1) is 17.5. The first kappa shape index (κ1) is 23.7. The van der Waals surface area contributed by atoms with E-state index in [2.05, 4.69) is 10.3 Å². The third kappa shape index (κ3) is 4.24. The number of hydrogen-bond donors (Lipinski definition) is 1. The fourth-order valence-corrected chi connectivity index (χ4v) is 5.16. The van der Waals surface area contributed by atoms with Gasteiger partial charge in [-0.25, -0.2) is 4.98 Å². The number of anilines is 1. The van der Waals surface area contributed by atoms with Crippen LogP contribution in [0.3, 0.4) is 0 Å². The van der Waals surface area contributed by atoms with E-state index in [1.807, 2.05) is 13.0 Å². The molecule has 1 aliphatic rings. The summed E-state index contributed by atoms with van der Waals surface area (Å²) in [7, 11) is 0. The van der Waals surface area contributed by atoms with Crippen LogP contribution < -0.4 is 10.9 Å². The van der Waals surface area contributed by atoms with Crippen molar-refractivity contribution >= 4 is 45.8 Å². The topological polar surface area (TPSA) is 98.1 Å². The van der Waals surface area contributed by atoms with Gasteiger partial charge in [0.05, 0.1) is 27.9 Å². The Kier molecular flexibility index (Phi) is 6.52. The lowest BCUT2D eigenvalue weighted by Gasteiger charge is -2.20. The summed E-state index contributed by atoms with van der Waals surface area (Å²) in [6, 6.07) is 18.7. The lowest BCUT2D eigenvalue weighted by Crippen LogP contribution is -2.25. The van der Waals surface area contributed by atoms with Crippen molar-refractivity contribution in [2.45, 2.75) is 31.5 Å². The minimum Gasteiger partial charge on any atom is -0.325 e. The average molecular weight is 498 g/mol. The van der Waals surface area contributed by atoms with Crippen molar-refractivity contribution in [3.63, 3.8) is 0 Å². The molecular formula is C28H23N3O4S. The van der Waals surface area contributed by atoms with Gasteiger partial charge in [0.25, 0.3) is 5.56 Å². The molecule has 8 heteroatoms. The Labute approximate surface area is 211 Å². The van der Waals surface area contributed by atoms with Gasteiger partial charge in [-0.1, -0.05) is 73.6 Å². The summed E-state index contributed by atoms with van der Waals surface area (Å²) < 4.78 is 1.62. The summed E-state index contributed by atoms with van der Waals surface area (Å²) in [5, 5.41) is 3.80. The van der Waals surface area contributed by atoms with Crippen LogP contribution in [0.5, 0.6) is 0 Å². The van der Waals surface area contributed by atoms with E-state index >= 15 is 0 Å². The molecule has 180 valence electrons. The molecule has 0 spiro atoms. The zero-order chi connectivity index (χ0) is 25.2. The first-order valence-corrected chi connectivity index (χ1v) is 12.7. The van der Waals surface area contributed by atoms with Crippen LogP contribution in [0.4, 0.5) is 5.69 Å². The molecule has 0 fully saturated rings. The highest BCUT2D eigenvalue weighted by atomic mass is 32.2. The number of benzene rings is 3. The molecular weight excluding hydrogens is 474 g/mol. The molecule has 0 atom stereocenters. The number of thioether (sulfide) groups is 1. The first-order valence-electron chi connectivity index (χ1n) is 11.7. The van der Waals surface area contributed by atoms with Crippen molar-refractivity contribution in [1.29, 1.82) is 0 Å². The van der Waals surface area contributed by atoms with Crippen LogP contribution in [0, 0.1) is 0 Å². The maximum atomic E-state index is 13.2. The Bertz CT molecular complexity index is 1590. The van der Waals surface area contributed by atoms with Crippen molar-refractivity contribution in [1.82, 2.24) is 9.55 Å². The van der Waals surface area contributed by atoms with Gasteiger partial charge in [0.2, 0.25) is 5.91 Å². The van der Waals surface area contributed by atoms with Gasteiger partial charge in [0.1, 0.15) is 0 Å². The molecule has 0 saturated carbocycles. The summed E-state index contributed by atoms with van der Waals surface area (Å²) >= 11 is 1.17. The van der Waals surface area contributed by atoms with Crippen molar-refractivity contribution < 1.29 is 14.4 Å². The molecule has 4 aromatic rings. The number of para-hydroxylation sites is 1.